The van der Waals surface area contributed by atoms with E-state index in [0.717, 1.165) is 0 Å². The first-order chi connectivity index (χ1) is 9.04. The van der Waals surface area contributed by atoms with Crippen LogP contribution in [0.5, 0.6) is 11.5 Å². The number of carbonyl (C=O) groups excluding carboxylic acids is 2. The van der Waals surface area contributed by atoms with E-state index in [1.165, 1.54) is 4.90 Å². The van der Waals surface area contributed by atoms with Crippen molar-refractivity contribution >= 4 is 11.7 Å². The van der Waals surface area contributed by atoms with E-state index in [1.807, 2.05) is 0 Å². The zero-order chi connectivity index (χ0) is 14.0. The van der Waals surface area contributed by atoms with Gasteiger partial charge in [-0.3, -0.25) is 9.59 Å². The summed E-state index contributed by atoms with van der Waals surface area (Å²) >= 11 is 0. The summed E-state index contributed by atoms with van der Waals surface area (Å²) in [5.41, 5.74) is 5.76. The van der Waals surface area contributed by atoms with Gasteiger partial charge in [0.15, 0.2) is 17.3 Å². The van der Waals surface area contributed by atoms with Gasteiger partial charge in [0.05, 0.1) is 12.6 Å². The van der Waals surface area contributed by atoms with Crippen molar-refractivity contribution in [2.45, 2.75) is 13.0 Å². The summed E-state index contributed by atoms with van der Waals surface area (Å²) in [4.78, 5) is 25.1. The fourth-order valence-corrected chi connectivity index (χ4v) is 1.83. The average molecular weight is 264 g/mol. The lowest BCUT2D eigenvalue weighted by Gasteiger charge is -2.23. The SMILES string of the molecule is CC(C(=O)c1ccc2c(c1)OCO2)N(C)C(=O)CN. The fraction of sp³-hybridized carbons (Fsp3) is 0.385. The Kier molecular flexibility index (Phi) is 3.71. The molecule has 19 heavy (non-hydrogen) atoms. The number of ether oxygens (including phenoxy) is 2. The molecule has 0 fully saturated rings. The highest BCUT2D eigenvalue weighted by Crippen LogP contribution is 2.32. The highest BCUT2D eigenvalue weighted by molar-refractivity contribution is 6.02. The number of Topliss-reactive ketones (excluding diaryl/α,β-unsaturated/α-hetero) is 1. The quantitative estimate of drug-likeness (QED) is 0.796. The molecule has 0 spiro atoms. The molecule has 6 heteroatoms. The Morgan fingerprint density at radius 1 is 1.37 bits per heavy atom. The second-order valence-electron chi connectivity index (χ2n) is 4.32. The van der Waals surface area contributed by atoms with Gasteiger partial charge in [0.1, 0.15) is 0 Å². The Bertz CT molecular complexity index is 515. The fourth-order valence-electron chi connectivity index (χ4n) is 1.83. The highest BCUT2D eigenvalue weighted by atomic mass is 16.7. The van der Waals surface area contributed by atoms with Crippen LogP contribution in [0.3, 0.4) is 0 Å². The third-order valence-corrected chi connectivity index (χ3v) is 3.19. The van der Waals surface area contributed by atoms with Crippen molar-refractivity contribution in [2.75, 3.05) is 20.4 Å². The lowest BCUT2D eigenvalue weighted by Crippen LogP contribution is -2.43. The predicted octanol–water partition coefficient (Wildman–Crippen LogP) is 0.404. The summed E-state index contributed by atoms with van der Waals surface area (Å²) in [6.07, 6.45) is 0. The van der Waals surface area contributed by atoms with Crippen LogP contribution in [-0.4, -0.2) is 43.0 Å². The van der Waals surface area contributed by atoms with Crippen LogP contribution in [0.15, 0.2) is 18.2 Å². The Hall–Kier alpha value is -2.08. The third-order valence-electron chi connectivity index (χ3n) is 3.19. The van der Waals surface area contributed by atoms with Crippen molar-refractivity contribution in [3.05, 3.63) is 23.8 Å². The van der Waals surface area contributed by atoms with Gasteiger partial charge in [-0.25, -0.2) is 0 Å². The summed E-state index contributed by atoms with van der Waals surface area (Å²) in [6.45, 7) is 1.71. The number of rotatable bonds is 4. The molecule has 1 aromatic carbocycles. The molecule has 0 aromatic heterocycles. The van der Waals surface area contributed by atoms with Crippen LogP contribution in [-0.2, 0) is 4.79 Å². The van der Waals surface area contributed by atoms with Crippen LogP contribution in [0, 0.1) is 0 Å². The molecule has 1 amide bonds. The molecule has 0 radical (unpaired) electrons. The first-order valence-corrected chi connectivity index (χ1v) is 5.94. The van der Waals surface area contributed by atoms with Gasteiger partial charge in [-0.15, -0.1) is 0 Å². The maximum Gasteiger partial charge on any atom is 0.236 e. The van der Waals surface area contributed by atoms with Crippen molar-refractivity contribution in [2.24, 2.45) is 5.73 Å². The lowest BCUT2D eigenvalue weighted by atomic mass is 10.0. The minimum atomic E-state index is -0.573. The number of hydrogen-bond acceptors (Lipinski definition) is 5. The number of nitrogens with two attached hydrogens (primary N) is 1. The molecule has 2 rings (SSSR count). The van der Waals surface area contributed by atoms with E-state index >= 15 is 0 Å². The normalized spacial score (nSPS) is 14.1. The second kappa shape index (κ2) is 5.27. The summed E-state index contributed by atoms with van der Waals surface area (Å²) in [5, 5.41) is 0. The maximum atomic E-state index is 12.3. The Balaban J connectivity index is 2.17. The largest absolute Gasteiger partial charge is 0.454 e. The number of nitrogens with zero attached hydrogens (tertiary/aromatic N) is 1. The molecule has 2 N–H and O–H groups in total. The molecule has 1 aromatic rings. The van der Waals surface area contributed by atoms with Gasteiger partial charge in [0.25, 0.3) is 0 Å². The van der Waals surface area contributed by atoms with E-state index in [9.17, 15) is 9.59 Å². The highest BCUT2D eigenvalue weighted by Gasteiger charge is 2.24. The summed E-state index contributed by atoms with van der Waals surface area (Å²) in [5.74, 6) is 0.727. The predicted molar refractivity (Wildman–Crippen MR) is 68.2 cm³/mol. The van der Waals surface area contributed by atoms with Gasteiger partial charge in [0, 0.05) is 12.6 Å². The molecule has 1 aliphatic rings. The standard InChI is InChI=1S/C13H16N2O4/c1-8(15(2)12(16)6-14)13(17)9-3-4-10-11(5-9)19-7-18-10/h3-5,8H,6-7,14H2,1-2H3. The van der Waals surface area contributed by atoms with E-state index in [0.29, 0.717) is 17.1 Å². The number of likely N-dealkylation sites (N-methyl/N-ethyl adjacent to an activating group) is 1. The first kappa shape index (κ1) is 13.4. The van der Waals surface area contributed by atoms with Gasteiger partial charge in [-0.1, -0.05) is 0 Å². The van der Waals surface area contributed by atoms with Crippen molar-refractivity contribution in [3.63, 3.8) is 0 Å². The summed E-state index contributed by atoms with van der Waals surface area (Å²) in [6, 6.07) is 4.40. The third kappa shape index (κ3) is 2.53. The topological polar surface area (TPSA) is 81.9 Å². The van der Waals surface area contributed by atoms with Crippen molar-refractivity contribution < 1.29 is 19.1 Å². The average Bonchev–Trinajstić information content (AvgIpc) is 2.91. The summed E-state index contributed by atoms with van der Waals surface area (Å²) in [7, 11) is 1.56. The summed E-state index contributed by atoms with van der Waals surface area (Å²) < 4.78 is 10.4. The van der Waals surface area contributed by atoms with Crippen LogP contribution >= 0.6 is 0 Å². The Labute approximate surface area is 111 Å². The minimum absolute atomic E-state index is 0.116. The van der Waals surface area contributed by atoms with Crippen LogP contribution in [0.25, 0.3) is 0 Å². The van der Waals surface area contributed by atoms with Crippen molar-refractivity contribution in [1.82, 2.24) is 4.90 Å². The van der Waals surface area contributed by atoms with Crippen LogP contribution < -0.4 is 15.2 Å². The van der Waals surface area contributed by atoms with Crippen LogP contribution in [0.2, 0.25) is 0 Å². The van der Waals surface area contributed by atoms with E-state index in [4.69, 9.17) is 15.2 Å². The molecule has 1 unspecified atom stereocenters. The lowest BCUT2D eigenvalue weighted by molar-refractivity contribution is -0.129. The zero-order valence-electron chi connectivity index (χ0n) is 10.9. The number of fused-ring (bicyclic) bond motifs is 1. The van der Waals surface area contributed by atoms with Crippen LogP contribution in [0.1, 0.15) is 17.3 Å². The molecule has 1 atom stereocenters. The molecule has 102 valence electrons. The molecule has 1 aliphatic heterocycles. The number of carbonyl (C=O) groups is 2. The van der Waals surface area contributed by atoms with E-state index < -0.39 is 6.04 Å². The molecule has 0 saturated heterocycles. The van der Waals surface area contributed by atoms with Gasteiger partial charge in [0.2, 0.25) is 12.7 Å². The Morgan fingerprint density at radius 2 is 2.05 bits per heavy atom. The molecule has 0 bridgehead atoms. The molecular formula is C13H16N2O4. The van der Waals surface area contributed by atoms with E-state index in [1.54, 1.807) is 32.2 Å². The molecule has 0 saturated carbocycles. The maximum absolute atomic E-state index is 12.3. The zero-order valence-corrected chi connectivity index (χ0v) is 10.9. The smallest absolute Gasteiger partial charge is 0.236 e. The van der Waals surface area contributed by atoms with Crippen LogP contribution in [0.4, 0.5) is 0 Å². The molecular weight excluding hydrogens is 248 g/mol. The van der Waals surface area contributed by atoms with Gasteiger partial charge >= 0.3 is 0 Å². The van der Waals surface area contributed by atoms with Crippen molar-refractivity contribution in [1.29, 1.82) is 0 Å². The van der Waals surface area contributed by atoms with E-state index in [-0.39, 0.29) is 25.0 Å². The Morgan fingerprint density at radius 3 is 2.74 bits per heavy atom. The van der Waals surface area contributed by atoms with Gasteiger partial charge < -0.3 is 20.1 Å². The monoisotopic (exact) mass is 264 g/mol. The minimum Gasteiger partial charge on any atom is -0.454 e. The van der Waals surface area contributed by atoms with Gasteiger partial charge in [-0.05, 0) is 25.1 Å². The second-order valence-corrected chi connectivity index (χ2v) is 4.32. The van der Waals surface area contributed by atoms with Crippen molar-refractivity contribution in [3.8, 4) is 11.5 Å². The number of ketones is 1. The number of amides is 1. The molecule has 1 heterocycles. The number of benzene rings is 1. The first-order valence-electron chi connectivity index (χ1n) is 5.94. The molecule has 0 aliphatic carbocycles. The molecule has 6 nitrogen and oxygen atoms in total. The number of hydrogen-bond donors (Lipinski definition) is 1. The van der Waals surface area contributed by atoms with Gasteiger partial charge in [-0.2, -0.15) is 0 Å². The van der Waals surface area contributed by atoms with E-state index in [2.05, 4.69) is 0 Å².